The van der Waals surface area contributed by atoms with Gasteiger partial charge >= 0.3 is 0 Å². The van der Waals surface area contributed by atoms with Gasteiger partial charge in [-0.3, -0.25) is 0 Å². The third-order valence-electron chi connectivity index (χ3n) is 2.67. The van der Waals surface area contributed by atoms with Crippen molar-refractivity contribution >= 4 is 0 Å². The minimum Gasteiger partial charge on any atom is -0.232 e. The molecule has 1 aliphatic rings. The number of aryl methyl sites for hydroxylation is 1. The van der Waals surface area contributed by atoms with E-state index < -0.39 is 0 Å². The summed E-state index contributed by atoms with van der Waals surface area (Å²) in [5, 5.41) is 20.2. The predicted molar refractivity (Wildman–Crippen MR) is 44.5 cm³/mol. The molecule has 0 aliphatic heterocycles. The van der Waals surface area contributed by atoms with Crippen molar-refractivity contribution in [3.8, 4) is 6.07 Å². The van der Waals surface area contributed by atoms with Gasteiger partial charge in [0, 0.05) is 13.0 Å². The van der Waals surface area contributed by atoms with Crippen molar-refractivity contribution in [1.29, 1.82) is 5.26 Å². The molecule has 0 radical (unpaired) electrons. The van der Waals surface area contributed by atoms with Crippen LogP contribution >= 0.6 is 0 Å². The molecule has 0 saturated heterocycles. The Balaban J connectivity index is 2.27. The van der Waals surface area contributed by atoms with E-state index in [0.717, 1.165) is 25.1 Å². The monoisotopic (exact) mass is 177 g/mol. The van der Waals surface area contributed by atoms with Crippen LogP contribution in [0.4, 0.5) is 0 Å². The zero-order chi connectivity index (χ0) is 9.26. The molecule has 13 heavy (non-hydrogen) atoms. The van der Waals surface area contributed by atoms with Crippen LogP contribution in [0, 0.1) is 17.2 Å². The van der Waals surface area contributed by atoms with E-state index in [9.17, 15) is 0 Å². The van der Waals surface area contributed by atoms with Crippen molar-refractivity contribution in [3.63, 3.8) is 0 Å². The maximum atomic E-state index is 8.90. The van der Waals surface area contributed by atoms with E-state index in [-0.39, 0.29) is 11.8 Å². The smallest absolute Gasteiger partial charge is 0.155 e. The second-order valence-electron chi connectivity index (χ2n) is 3.43. The molecule has 2 rings (SSSR count). The lowest BCUT2D eigenvalue weighted by Gasteiger charge is -2.09. The summed E-state index contributed by atoms with van der Waals surface area (Å²) in [4.78, 5) is 0. The second kappa shape index (κ2) is 3.13. The van der Waals surface area contributed by atoms with Crippen LogP contribution in [-0.2, 0) is 7.05 Å². The Hall–Kier alpha value is -1.44. The van der Waals surface area contributed by atoms with E-state index in [1.54, 1.807) is 4.68 Å². The normalized spacial score (nSPS) is 27.4. The highest BCUT2D eigenvalue weighted by molar-refractivity contribution is 5.06. The van der Waals surface area contributed by atoms with Gasteiger partial charge < -0.3 is 0 Å². The summed E-state index contributed by atoms with van der Waals surface area (Å²) in [6, 6.07) is 2.32. The van der Waals surface area contributed by atoms with E-state index in [2.05, 4.69) is 21.6 Å². The number of rotatable bonds is 1. The van der Waals surface area contributed by atoms with Crippen LogP contribution in [0.1, 0.15) is 31.0 Å². The molecule has 2 unspecified atom stereocenters. The fourth-order valence-electron chi connectivity index (χ4n) is 1.97. The molecule has 1 heterocycles. The van der Waals surface area contributed by atoms with E-state index in [1.807, 2.05) is 7.05 Å². The Labute approximate surface area is 76.4 Å². The third kappa shape index (κ3) is 1.28. The first-order valence-electron chi connectivity index (χ1n) is 4.45. The van der Waals surface area contributed by atoms with E-state index in [4.69, 9.17) is 5.26 Å². The maximum absolute atomic E-state index is 8.90. The summed E-state index contributed by atoms with van der Waals surface area (Å²) < 4.78 is 1.67. The molecule has 68 valence electrons. The average molecular weight is 177 g/mol. The lowest BCUT2D eigenvalue weighted by Crippen LogP contribution is -2.10. The van der Waals surface area contributed by atoms with E-state index in [0.29, 0.717) is 0 Å². The highest BCUT2D eigenvalue weighted by Gasteiger charge is 2.31. The van der Waals surface area contributed by atoms with Gasteiger partial charge in [0.2, 0.25) is 0 Å². The topological polar surface area (TPSA) is 67.4 Å². The second-order valence-corrected chi connectivity index (χ2v) is 3.43. The molecular weight excluding hydrogens is 166 g/mol. The van der Waals surface area contributed by atoms with Crippen LogP contribution in [0.5, 0.6) is 0 Å². The van der Waals surface area contributed by atoms with Gasteiger partial charge in [0.1, 0.15) is 0 Å². The Morgan fingerprint density at radius 2 is 2.38 bits per heavy atom. The number of nitrogens with zero attached hydrogens (tertiary/aromatic N) is 5. The Morgan fingerprint density at radius 3 is 3.00 bits per heavy atom. The first-order chi connectivity index (χ1) is 6.33. The van der Waals surface area contributed by atoms with E-state index >= 15 is 0 Å². The van der Waals surface area contributed by atoms with Crippen LogP contribution in [0.3, 0.4) is 0 Å². The molecule has 0 aromatic carbocycles. The van der Waals surface area contributed by atoms with Crippen LogP contribution in [0.2, 0.25) is 0 Å². The van der Waals surface area contributed by atoms with Crippen molar-refractivity contribution in [2.24, 2.45) is 13.0 Å². The molecule has 0 amide bonds. The SMILES string of the molecule is Cn1nnnc1C1CCCC1C#N. The molecule has 1 aromatic rings. The lowest BCUT2D eigenvalue weighted by atomic mass is 9.97. The van der Waals surface area contributed by atoms with Crippen LogP contribution in [0.25, 0.3) is 0 Å². The summed E-state index contributed by atoms with van der Waals surface area (Å²) in [5.41, 5.74) is 0. The predicted octanol–water partition coefficient (Wildman–Crippen LogP) is 0.617. The van der Waals surface area contributed by atoms with Crippen molar-refractivity contribution in [2.45, 2.75) is 25.2 Å². The average Bonchev–Trinajstić information content (AvgIpc) is 2.71. The molecule has 2 atom stereocenters. The number of tetrazole rings is 1. The molecule has 5 heteroatoms. The lowest BCUT2D eigenvalue weighted by molar-refractivity contribution is 0.535. The fourth-order valence-corrected chi connectivity index (χ4v) is 1.97. The van der Waals surface area contributed by atoms with E-state index in [1.165, 1.54) is 0 Å². The number of hydrogen-bond donors (Lipinski definition) is 0. The highest BCUT2D eigenvalue weighted by Crippen LogP contribution is 2.37. The highest BCUT2D eigenvalue weighted by atomic mass is 15.5. The number of nitriles is 1. The summed E-state index contributed by atoms with van der Waals surface area (Å²) >= 11 is 0. The van der Waals surface area contributed by atoms with Gasteiger partial charge in [0.05, 0.1) is 12.0 Å². The molecule has 1 aliphatic carbocycles. The summed E-state index contributed by atoms with van der Waals surface area (Å²) in [6.07, 6.45) is 3.12. The van der Waals surface area contributed by atoms with Crippen LogP contribution in [0.15, 0.2) is 0 Å². The zero-order valence-corrected chi connectivity index (χ0v) is 7.51. The molecule has 5 nitrogen and oxygen atoms in total. The molecule has 0 spiro atoms. The van der Waals surface area contributed by atoms with Crippen LogP contribution < -0.4 is 0 Å². The van der Waals surface area contributed by atoms with Crippen molar-refractivity contribution in [1.82, 2.24) is 20.2 Å². The maximum Gasteiger partial charge on any atom is 0.155 e. The number of aromatic nitrogens is 4. The summed E-state index contributed by atoms with van der Waals surface area (Å²) in [7, 11) is 1.82. The van der Waals surface area contributed by atoms with Crippen molar-refractivity contribution in [2.75, 3.05) is 0 Å². The van der Waals surface area contributed by atoms with Gasteiger partial charge in [0.15, 0.2) is 5.82 Å². The molecule has 1 fully saturated rings. The summed E-state index contributed by atoms with van der Waals surface area (Å²) in [5.74, 6) is 1.19. The van der Waals surface area contributed by atoms with Gasteiger partial charge in [-0.05, 0) is 23.3 Å². The van der Waals surface area contributed by atoms with Gasteiger partial charge in [-0.25, -0.2) is 4.68 Å². The van der Waals surface area contributed by atoms with Gasteiger partial charge in [-0.2, -0.15) is 5.26 Å². The first-order valence-corrected chi connectivity index (χ1v) is 4.45. The Bertz CT molecular complexity index is 337. The van der Waals surface area contributed by atoms with Gasteiger partial charge in [-0.15, -0.1) is 5.10 Å². The molecule has 0 N–H and O–H groups in total. The van der Waals surface area contributed by atoms with Gasteiger partial charge in [-0.1, -0.05) is 6.42 Å². The van der Waals surface area contributed by atoms with Gasteiger partial charge in [0.25, 0.3) is 0 Å². The first kappa shape index (κ1) is 8.17. The minimum absolute atomic E-state index is 0.102. The Morgan fingerprint density at radius 1 is 1.54 bits per heavy atom. The molecule has 1 saturated carbocycles. The van der Waals surface area contributed by atoms with Crippen molar-refractivity contribution < 1.29 is 0 Å². The minimum atomic E-state index is 0.102. The standard InChI is InChI=1S/C8H11N5/c1-13-8(10-11-12-13)7-4-2-3-6(7)5-9/h6-7H,2-4H2,1H3. The molecule has 0 bridgehead atoms. The molecular formula is C8H11N5. The van der Waals surface area contributed by atoms with Crippen molar-refractivity contribution in [3.05, 3.63) is 5.82 Å². The zero-order valence-electron chi connectivity index (χ0n) is 7.51. The summed E-state index contributed by atoms with van der Waals surface area (Å²) in [6.45, 7) is 0. The fraction of sp³-hybridized carbons (Fsp3) is 0.750. The molecule has 1 aromatic heterocycles. The van der Waals surface area contributed by atoms with Crippen LogP contribution in [-0.4, -0.2) is 20.2 Å². The quantitative estimate of drug-likeness (QED) is 0.630. The third-order valence-corrected chi connectivity index (χ3v) is 2.67. The number of hydrogen-bond acceptors (Lipinski definition) is 4. The largest absolute Gasteiger partial charge is 0.232 e. The Kier molecular flexibility index (Phi) is 1.97.